The summed E-state index contributed by atoms with van der Waals surface area (Å²) < 4.78 is 14.1. The van der Waals surface area contributed by atoms with Crippen LogP contribution in [0.3, 0.4) is 0 Å². The molecule has 0 aliphatic carbocycles. The van der Waals surface area contributed by atoms with Gasteiger partial charge in [0.15, 0.2) is 0 Å². The van der Waals surface area contributed by atoms with Crippen LogP contribution in [-0.4, -0.2) is 28.8 Å². The highest BCUT2D eigenvalue weighted by Gasteiger charge is 2.29. The minimum atomic E-state index is -0.608. The van der Waals surface area contributed by atoms with Gasteiger partial charge in [-0.05, 0) is 43.9 Å². The van der Waals surface area contributed by atoms with Gasteiger partial charge in [0.05, 0.1) is 6.42 Å². The molecule has 0 aromatic heterocycles. The number of rotatable bonds is 9. The van der Waals surface area contributed by atoms with E-state index in [1.165, 1.54) is 6.07 Å². The Morgan fingerprint density at radius 3 is 2.41 bits per heavy atom. The van der Waals surface area contributed by atoms with Crippen LogP contribution in [0.25, 0.3) is 0 Å². The van der Waals surface area contributed by atoms with Crippen molar-refractivity contribution >= 4 is 11.8 Å². The molecule has 5 heteroatoms. The quantitative estimate of drug-likeness (QED) is 0.681. The number of hydrogen-bond donors (Lipinski definition) is 1. The second-order valence-electron chi connectivity index (χ2n) is 7.52. The van der Waals surface area contributed by atoms with Crippen molar-refractivity contribution in [2.45, 2.75) is 65.6 Å². The van der Waals surface area contributed by atoms with Crippen molar-refractivity contribution in [2.24, 2.45) is 0 Å². The summed E-state index contributed by atoms with van der Waals surface area (Å²) in [7, 11) is 0. The first-order chi connectivity index (χ1) is 13.8. The van der Waals surface area contributed by atoms with Gasteiger partial charge in [0.25, 0.3) is 0 Å². The van der Waals surface area contributed by atoms with E-state index in [2.05, 4.69) is 5.32 Å². The van der Waals surface area contributed by atoms with E-state index in [9.17, 15) is 14.0 Å². The van der Waals surface area contributed by atoms with Gasteiger partial charge in [0.1, 0.15) is 11.9 Å². The van der Waals surface area contributed by atoms with E-state index in [0.29, 0.717) is 18.5 Å². The van der Waals surface area contributed by atoms with E-state index in [1.54, 1.807) is 23.1 Å². The maximum Gasteiger partial charge on any atom is 0.243 e. The zero-order valence-electron chi connectivity index (χ0n) is 17.7. The molecule has 0 heterocycles. The lowest BCUT2D eigenvalue weighted by molar-refractivity contribution is -0.141. The van der Waals surface area contributed by atoms with Crippen molar-refractivity contribution in [3.05, 3.63) is 71.0 Å². The number of amides is 2. The molecule has 1 N–H and O–H groups in total. The van der Waals surface area contributed by atoms with Crippen molar-refractivity contribution < 1.29 is 14.0 Å². The molecule has 0 saturated carbocycles. The van der Waals surface area contributed by atoms with Gasteiger partial charge in [-0.3, -0.25) is 9.59 Å². The third kappa shape index (κ3) is 6.41. The lowest BCUT2D eigenvalue weighted by Crippen LogP contribution is -2.51. The summed E-state index contributed by atoms with van der Waals surface area (Å²) in [6.07, 6.45) is 1.21. The fraction of sp³-hybridized carbons (Fsp3) is 0.417. The highest BCUT2D eigenvalue weighted by atomic mass is 19.1. The Morgan fingerprint density at radius 2 is 1.79 bits per heavy atom. The first-order valence-electron chi connectivity index (χ1n) is 10.2. The molecule has 4 nitrogen and oxygen atoms in total. The Bertz CT molecular complexity index is 837. The highest BCUT2D eigenvalue weighted by Crippen LogP contribution is 2.17. The van der Waals surface area contributed by atoms with E-state index in [4.69, 9.17) is 0 Å². The zero-order valence-corrected chi connectivity index (χ0v) is 17.7. The second kappa shape index (κ2) is 10.7. The summed E-state index contributed by atoms with van der Waals surface area (Å²) in [4.78, 5) is 27.7. The molecule has 2 aromatic carbocycles. The van der Waals surface area contributed by atoms with Crippen molar-refractivity contribution in [3.8, 4) is 0 Å². The standard InChI is InChI=1S/C24H31FN2O2/c1-5-18(4)26-24(29)22(6-2)27(16-19-11-9-10-17(3)14-19)23(28)15-20-12-7-8-13-21(20)25/h7-14,18,22H,5-6,15-16H2,1-4H3,(H,26,29)/t18-,22-/m0/s1. The lowest BCUT2D eigenvalue weighted by atomic mass is 10.0. The van der Waals surface area contributed by atoms with Gasteiger partial charge in [-0.25, -0.2) is 4.39 Å². The van der Waals surface area contributed by atoms with Crippen LogP contribution in [0, 0.1) is 12.7 Å². The van der Waals surface area contributed by atoms with Crippen LogP contribution in [0.1, 0.15) is 50.3 Å². The molecule has 0 unspecified atom stereocenters. The first-order valence-corrected chi connectivity index (χ1v) is 10.2. The average molecular weight is 399 g/mol. The summed E-state index contributed by atoms with van der Waals surface area (Å²) in [5, 5.41) is 2.98. The highest BCUT2D eigenvalue weighted by molar-refractivity contribution is 5.88. The maximum atomic E-state index is 14.1. The number of carbonyl (C=O) groups is 2. The minimum absolute atomic E-state index is 0.0269. The fourth-order valence-electron chi connectivity index (χ4n) is 3.27. The molecular formula is C24H31FN2O2. The van der Waals surface area contributed by atoms with Crippen LogP contribution in [0.4, 0.5) is 4.39 Å². The number of aryl methyl sites for hydroxylation is 1. The molecule has 2 aromatic rings. The van der Waals surface area contributed by atoms with Crippen molar-refractivity contribution in [1.29, 1.82) is 0 Å². The molecule has 0 saturated heterocycles. The molecule has 29 heavy (non-hydrogen) atoms. The van der Waals surface area contributed by atoms with Crippen molar-refractivity contribution in [3.63, 3.8) is 0 Å². The second-order valence-corrected chi connectivity index (χ2v) is 7.52. The topological polar surface area (TPSA) is 49.4 Å². The van der Waals surface area contributed by atoms with Gasteiger partial charge in [0.2, 0.25) is 11.8 Å². The van der Waals surface area contributed by atoms with Crippen LogP contribution in [-0.2, 0) is 22.6 Å². The zero-order chi connectivity index (χ0) is 21.4. The number of nitrogens with one attached hydrogen (secondary N) is 1. The summed E-state index contributed by atoms with van der Waals surface area (Å²) >= 11 is 0. The molecule has 2 atom stereocenters. The molecule has 0 spiro atoms. The largest absolute Gasteiger partial charge is 0.352 e. The predicted octanol–water partition coefficient (Wildman–Crippen LogP) is 4.40. The molecule has 2 rings (SSSR count). The normalized spacial score (nSPS) is 12.9. The number of hydrogen-bond acceptors (Lipinski definition) is 2. The third-order valence-electron chi connectivity index (χ3n) is 5.12. The number of carbonyl (C=O) groups excluding carboxylic acids is 2. The summed E-state index contributed by atoms with van der Waals surface area (Å²) in [5.41, 5.74) is 2.37. The summed E-state index contributed by atoms with van der Waals surface area (Å²) in [6, 6.07) is 13.6. The first kappa shape index (κ1) is 22.6. The number of benzene rings is 2. The van der Waals surface area contributed by atoms with E-state index in [0.717, 1.165) is 17.5 Å². The van der Waals surface area contributed by atoms with Crippen LogP contribution >= 0.6 is 0 Å². The van der Waals surface area contributed by atoms with Crippen LogP contribution < -0.4 is 5.32 Å². The smallest absolute Gasteiger partial charge is 0.243 e. The molecule has 0 radical (unpaired) electrons. The molecule has 0 bridgehead atoms. The van der Waals surface area contributed by atoms with E-state index in [-0.39, 0.29) is 24.3 Å². The predicted molar refractivity (Wildman–Crippen MR) is 114 cm³/mol. The number of nitrogens with zero attached hydrogens (tertiary/aromatic N) is 1. The third-order valence-corrected chi connectivity index (χ3v) is 5.12. The molecule has 0 aliphatic heterocycles. The van der Waals surface area contributed by atoms with Crippen LogP contribution in [0.5, 0.6) is 0 Å². The van der Waals surface area contributed by atoms with Crippen molar-refractivity contribution in [2.75, 3.05) is 0 Å². The van der Waals surface area contributed by atoms with Gasteiger partial charge < -0.3 is 10.2 Å². The maximum absolute atomic E-state index is 14.1. The Morgan fingerprint density at radius 1 is 1.07 bits per heavy atom. The minimum Gasteiger partial charge on any atom is -0.352 e. The molecule has 2 amide bonds. The van der Waals surface area contributed by atoms with Gasteiger partial charge in [-0.15, -0.1) is 0 Å². The van der Waals surface area contributed by atoms with Crippen molar-refractivity contribution in [1.82, 2.24) is 10.2 Å². The van der Waals surface area contributed by atoms with Crippen LogP contribution in [0.15, 0.2) is 48.5 Å². The summed E-state index contributed by atoms with van der Waals surface area (Å²) in [6.45, 7) is 8.13. The van der Waals surface area contributed by atoms with Crippen LogP contribution in [0.2, 0.25) is 0 Å². The molecule has 156 valence electrons. The molecule has 0 fully saturated rings. The molecular weight excluding hydrogens is 367 g/mol. The van der Waals surface area contributed by atoms with Gasteiger partial charge in [-0.1, -0.05) is 61.9 Å². The van der Waals surface area contributed by atoms with Gasteiger partial charge in [-0.2, -0.15) is 0 Å². The van der Waals surface area contributed by atoms with E-state index in [1.807, 2.05) is 52.0 Å². The lowest BCUT2D eigenvalue weighted by Gasteiger charge is -2.31. The Labute approximate surface area is 173 Å². The Hall–Kier alpha value is -2.69. The fourth-order valence-corrected chi connectivity index (χ4v) is 3.27. The van der Waals surface area contributed by atoms with E-state index >= 15 is 0 Å². The average Bonchev–Trinajstić information content (AvgIpc) is 2.69. The van der Waals surface area contributed by atoms with E-state index < -0.39 is 11.9 Å². The Balaban J connectivity index is 2.31. The SMILES string of the molecule is CC[C@H](C)NC(=O)[C@H](CC)N(Cc1cccc(C)c1)C(=O)Cc1ccccc1F. The number of halogens is 1. The monoisotopic (exact) mass is 398 g/mol. The summed E-state index contributed by atoms with van der Waals surface area (Å²) in [5.74, 6) is -0.840. The Kier molecular flexibility index (Phi) is 8.37. The molecule has 0 aliphatic rings. The van der Waals surface area contributed by atoms with Gasteiger partial charge >= 0.3 is 0 Å². The van der Waals surface area contributed by atoms with Gasteiger partial charge in [0, 0.05) is 12.6 Å².